The molecule has 0 fully saturated rings. The van der Waals surface area contributed by atoms with Crippen molar-refractivity contribution in [1.82, 2.24) is 14.8 Å². The van der Waals surface area contributed by atoms with Crippen LogP contribution < -0.4 is 5.32 Å². The molecule has 6 heteroatoms. The highest BCUT2D eigenvalue weighted by atomic mass is 35.5. The van der Waals surface area contributed by atoms with E-state index in [1.54, 1.807) is 10.7 Å². The van der Waals surface area contributed by atoms with Gasteiger partial charge in [-0.3, -0.25) is 0 Å². The van der Waals surface area contributed by atoms with Crippen molar-refractivity contribution < 1.29 is 4.39 Å². The van der Waals surface area contributed by atoms with Crippen LogP contribution in [0.5, 0.6) is 0 Å². The zero-order chi connectivity index (χ0) is 15.8. The maximum absolute atomic E-state index is 13.6. The van der Waals surface area contributed by atoms with Crippen LogP contribution in [0, 0.1) is 5.82 Å². The first-order valence-corrected chi connectivity index (χ1v) is 7.48. The first kappa shape index (κ1) is 14.0. The molecule has 0 unspecified atom stereocenters. The maximum atomic E-state index is 13.6. The molecule has 0 radical (unpaired) electrons. The van der Waals surface area contributed by atoms with Crippen molar-refractivity contribution in [2.75, 3.05) is 5.32 Å². The Balaban J connectivity index is 1.81. The van der Waals surface area contributed by atoms with Crippen LogP contribution in [-0.4, -0.2) is 14.8 Å². The molecule has 1 aliphatic heterocycles. The summed E-state index contributed by atoms with van der Waals surface area (Å²) in [4.78, 5) is 4.23. The largest absolute Gasteiger partial charge is 0.324 e. The summed E-state index contributed by atoms with van der Waals surface area (Å²) in [6.07, 6.45) is 3.48. The van der Waals surface area contributed by atoms with E-state index in [9.17, 15) is 4.39 Å². The minimum Gasteiger partial charge on any atom is -0.324 e. The minimum atomic E-state index is -0.274. The molecule has 1 N–H and O–H groups in total. The third-order valence-corrected chi connectivity index (χ3v) is 4.00. The Hall–Kier alpha value is -2.66. The number of rotatable bonds is 2. The number of nitrogens with zero attached hydrogens (tertiary/aromatic N) is 3. The lowest BCUT2D eigenvalue weighted by Crippen LogP contribution is -2.20. The fraction of sp³-hybridized carbons (Fsp3) is 0.0588. The van der Waals surface area contributed by atoms with Crippen molar-refractivity contribution in [3.05, 3.63) is 82.9 Å². The highest BCUT2D eigenvalue weighted by molar-refractivity contribution is 6.30. The van der Waals surface area contributed by atoms with E-state index in [1.165, 1.54) is 18.5 Å². The van der Waals surface area contributed by atoms with E-state index < -0.39 is 0 Å². The summed E-state index contributed by atoms with van der Waals surface area (Å²) in [5.41, 5.74) is 2.67. The summed E-state index contributed by atoms with van der Waals surface area (Å²) in [6.45, 7) is 0. The average Bonchev–Trinajstić information content (AvgIpc) is 3.03. The number of fused-ring (bicyclic) bond motifs is 1. The van der Waals surface area contributed by atoms with Crippen molar-refractivity contribution >= 4 is 23.2 Å². The zero-order valence-corrected chi connectivity index (χ0v) is 12.7. The fourth-order valence-corrected chi connectivity index (χ4v) is 2.79. The lowest BCUT2D eigenvalue weighted by Gasteiger charge is -2.24. The highest BCUT2D eigenvalue weighted by Crippen LogP contribution is 2.32. The second-order valence-electron chi connectivity index (χ2n) is 5.24. The van der Waals surface area contributed by atoms with Crippen LogP contribution >= 0.6 is 11.6 Å². The quantitative estimate of drug-likeness (QED) is 0.770. The van der Waals surface area contributed by atoms with Crippen molar-refractivity contribution in [1.29, 1.82) is 0 Å². The van der Waals surface area contributed by atoms with E-state index in [-0.39, 0.29) is 11.9 Å². The van der Waals surface area contributed by atoms with Gasteiger partial charge in [-0.15, -0.1) is 0 Å². The van der Waals surface area contributed by atoms with Gasteiger partial charge in [-0.1, -0.05) is 35.9 Å². The minimum absolute atomic E-state index is 0.227. The van der Waals surface area contributed by atoms with Crippen LogP contribution in [0.25, 0.3) is 5.70 Å². The topological polar surface area (TPSA) is 42.7 Å². The van der Waals surface area contributed by atoms with Crippen molar-refractivity contribution in [2.45, 2.75) is 6.04 Å². The molecule has 0 aliphatic carbocycles. The number of halogens is 2. The molecule has 4 nitrogen and oxygen atoms in total. The van der Waals surface area contributed by atoms with E-state index in [2.05, 4.69) is 15.4 Å². The molecule has 0 bridgehead atoms. The lowest BCUT2D eigenvalue weighted by molar-refractivity contribution is 0.593. The molecule has 1 atom stereocenters. The van der Waals surface area contributed by atoms with Crippen molar-refractivity contribution in [2.24, 2.45) is 0 Å². The second kappa shape index (κ2) is 5.52. The van der Waals surface area contributed by atoms with Crippen molar-refractivity contribution in [3.63, 3.8) is 0 Å². The maximum Gasteiger partial charge on any atom is 0.226 e. The number of hydrogen-bond acceptors (Lipinski definition) is 3. The predicted octanol–water partition coefficient (Wildman–Crippen LogP) is 4.13. The predicted molar refractivity (Wildman–Crippen MR) is 87.6 cm³/mol. The smallest absolute Gasteiger partial charge is 0.226 e. The number of allylic oxidation sites excluding steroid dienone is 1. The summed E-state index contributed by atoms with van der Waals surface area (Å²) in [7, 11) is 0. The van der Waals surface area contributed by atoms with E-state index in [4.69, 9.17) is 11.6 Å². The summed E-state index contributed by atoms with van der Waals surface area (Å²) >= 11 is 5.95. The van der Waals surface area contributed by atoms with Crippen LogP contribution in [-0.2, 0) is 0 Å². The molecular formula is C17H12ClFN4. The number of anilines is 1. The lowest BCUT2D eigenvalue weighted by atomic mass is 10.0. The molecule has 2 aromatic carbocycles. The molecule has 2 heterocycles. The summed E-state index contributed by atoms with van der Waals surface area (Å²) in [5.74, 6) is 0.343. The summed E-state index contributed by atoms with van der Waals surface area (Å²) in [5, 5.41) is 8.16. The Labute approximate surface area is 137 Å². The zero-order valence-electron chi connectivity index (χ0n) is 11.9. The molecule has 1 aromatic heterocycles. The summed E-state index contributed by atoms with van der Waals surface area (Å²) in [6, 6.07) is 13.8. The average molecular weight is 327 g/mol. The Morgan fingerprint density at radius 3 is 2.74 bits per heavy atom. The van der Waals surface area contributed by atoms with Gasteiger partial charge in [-0.05, 0) is 41.5 Å². The number of hydrogen-bond donors (Lipinski definition) is 1. The van der Waals surface area contributed by atoms with E-state index in [0.29, 0.717) is 11.0 Å². The van der Waals surface area contributed by atoms with Gasteiger partial charge in [0.2, 0.25) is 5.95 Å². The standard InChI is InChI=1S/C17H12ClFN4/c18-13-6-4-11(5-7-13)15-9-16(12-2-1-3-14(19)8-12)23-17(22-15)20-10-21-23/h1-10,16H,(H,20,21,22)/t16-/m1/s1. The summed E-state index contributed by atoms with van der Waals surface area (Å²) < 4.78 is 15.3. The molecule has 114 valence electrons. The molecule has 0 amide bonds. The van der Waals surface area contributed by atoms with Gasteiger partial charge in [0, 0.05) is 10.7 Å². The Morgan fingerprint density at radius 1 is 1.13 bits per heavy atom. The van der Waals surface area contributed by atoms with Crippen LogP contribution in [0.4, 0.5) is 10.3 Å². The molecule has 0 saturated carbocycles. The van der Waals surface area contributed by atoms with Gasteiger partial charge >= 0.3 is 0 Å². The number of nitrogens with one attached hydrogen (secondary N) is 1. The first-order chi connectivity index (χ1) is 11.2. The molecule has 4 rings (SSSR count). The van der Waals surface area contributed by atoms with Gasteiger partial charge in [-0.2, -0.15) is 10.1 Å². The monoisotopic (exact) mass is 326 g/mol. The van der Waals surface area contributed by atoms with Gasteiger partial charge in [-0.25, -0.2) is 9.07 Å². The normalized spacial score (nSPS) is 16.4. The third kappa shape index (κ3) is 2.59. The Morgan fingerprint density at radius 2 is 1.96 bits per heavy atom. The van der Waals surface area contributed by atoms with Crippen molar-refractivity contribution in [3.8, 4) is 0 Å². The van der Waals surface area contributed by atoms with Crippen LogP contribution in [0.1, 0.15) is 17.2 Å². The van der Waals surface area contributed by atoms with E-state index in [1.807, 2.05) is 36.4 Å². The van der Waals surface area contributed by atoms with Crippen LogP contribution in [0.2, 0.25) is 5.02 Å². The van der Waals surface area contributed by atoms with Gasteiger partial charge in [0.1, 0.15) is 18.2 Å². The molecule has 1 aliphatic rings. The SMILES string of the molecule is Fc1cccc([C@H]2C=C(c3ccc(Cl)cc3)Nc3ncnn32)c1. The highest BCUT2D eigenvalue weighted by Gasteiger charge is 2.23. The molecule has 0 saturated heterocycles. The fourth-order valence-electron chi connectivity index (χ4n) is 2.66. The van der Waals surface area contributed by atoms with Gasteiger partial charge in [0.25, 0.3) is 0 Å². The van der Waals surface area contributed by atoms with Gasteiger partial charge in [0.05, 0.1) is 0 Å². The van der Waals surface area contributed by atoms with E-state index >= 15 is 0 Å². The molecule has 23 heavy (non-hydrogen) atoms. The van der Waals surface area contributed by atoms with Gasteiger partial charge < -0.3 is 5.32 Å². The first-order valence-electron chi connectivity index (χ1n) is 7.10. The second-order valence-corrected chi connectivity index (χ2v) is 5.68. The number of benzene rings is 2. The Bertz CT molecular complexity index is 886. The number of aromatic nitrogens is 3. The molecular weight excluding hydrogens is 315 g/mol. The third-order valence-electron chi connectivity index (χ3n) is 3.75. The van der Waals surface area contributed by atoms with E-state index in [0.717, 1.165) is 16.8 Å². The molecule has 3 aromatic rings. The van der Waals surface area contributed by atoms with Crippen LogP contribution in [0.15, 0.2) is 60.9 Å². The Kier molecular flexibility index (Phi) is 3.35. The van der Waals surface area contributed by atoms with Gasteiger partial charge in [0.15, 0.2) is 0 Å². The van der Waals surface area contributed by atoms with Crippen LogP contribution in [0.3, 0.4) is 0 Å². The molecule has 0 spiro atoms.